The fourth-order valence-electron chi connectivity index (χ4n) is 3.15. The number of benzene rings is 1. The van der Waals surface area contributed by atoms with E-state index in [0.717, 1.165) is 44.0 Å². The Morgan fingerprint density at radius 3 is 2.43 bits per heavy atom. The third-order valence-electron chi connectivity index (χ3n) is 4.55. The summed E-state index contributed by atoms with van der Waals surface area (Å²) in [6, 6.07) is 8.11. The lowest BCUT2D eigenvalue weighted by atomic mass is 9.88. The molecule has 1 aromatic rings. The third kappa shape index (κ3) is 4.43. The highest BCUT2D eigenvalue weighted by molar-refractivity contribution is 6.30. The Bertz CT molecular complexity index is 429. The molecule has 2 N–H and O–H groups in total. The molecular formula is C17H27ClN2O. The third-order valence-corrected chi connectivity index (χ3v) is 4.80. The Hall–Kier alpha value is -0.610. The summed E-state index contributed by atoms with van der Waals surface area (Å²) in [4.78, 5) is 2.52. The Balaban J connectivity index is 1.99. The topological polar surface area (TPSA) is 38.5 Å². The lowest BCUT2D eigenvalue weighted by Crippen LogP contribution is -2.56. The van der Waals surface area contributed by atoms with Gasteiger partial charge in [0.1, 0.15) is 0 Å². The zero-order valence-corrected chi connectivity index (χ0v) is 13.9. The quantitative estimate of drug-likeness (QED) is 0.877. The van der Waals surface area contributed by atoms with Gasteiger partial charge in [0.15, 0.2) is 0 Å². The van der Waals surface area contributed by atoms with Crippen LogP contribution >= 0.6 is 11.6 Å². The molecule has 1 aromatic carbocycles. The molecule has 1 heterocycles. The van der Waals surface area contributed by atoms with Gasteiger partial charge in [0.25, 0.3) is 0 Å². The van der Waals surface area contributed by atoms with Gasteiger partial charge >= 0.3 is 0 Å². The Kier molecular flexibility index (Phi) is 6.06. The van der Waals surface area contributed by atoms with Gasteiger partial charge in [-0.25, -0.2) is 0 Å². The number of halogens is 1. The maximum atomic E-state index is 6.11. The van der Waals surface area contributed by atoms with Crippen molar-refractivity contribution < 1.29 is 4.74 Å². The number of ether oxygens (including phenoxy) is 1. The second-order valence-electron chi connectivity index (χ2n) is 6.15. The van der Waals surface area contributed by atoms with Crippen LogP contribution in [0.25, 0.3) is 0 Å². The fraction of sp³-hybridized carbons (Fsp3) is 0.647. The van der Waals surface area contributed by atoms with E-state index in [4.69, 9.17) is 22.1 Å². The first kappa shape index (κ1) is 16.8. The van der Waals surface area contributed by atoms with Crippen LogP contribution in [-0.2, 0) is 11.2 Å². The molecule has 1 saturated heterocycles. The van der Waals surface area contributed by atoms with E-state index < -0.39 is 0 Å². The van der Waals surface area contributed by atoms with Crippen molar-refractivity contribution >= 4 is 11.6 Å². The first-order chi connectivity index (χ1) is 10.1. The molecule has 0 aliphatic carbocycles. The van der Waals surface area contributed by atoms with Crippen molar-refractivity contribution in [2.24, 2.45) is 5.73 Å². The molecule has 0 amide bonds. The summed E-state index contributed by atoms with van der Waals surface area (Å²) in [5.41, 5.74) is 7.41. The van der Waals surface area contributed by atoms with Crippen LogP contribution in [0.4, 0.5) is 0 Å². The summed E-state index contributed by atoms with van der Waals surface area (Å²) in [6.07, 6.45) is 3.58. The largest absolute Gasteiger partial charge is 0.378 e. The molecule has 0 aromatic heterocycles. The molecule has 0 bridgehead atoms. The van der Waals surface area contributed by atoms with Crippen LogP contribution in [0.2, 0.25) is 5.02 Å². The molecule has 0 saturated carbocycles. The summed E-state index contributed by atoms with van der Waals surface area (Å²) in [7, 11) is 0. The monoisotopic (exact) mass is 310 g/mol. The van der Waals surface area contributed by atoms with Crippen molar-refractivity contribution in [3.63, 3.8) is 0 Å². The summed E-state index contributed by atoms with van der Waals surface area (Å²) in [5.74, 6) is 0. The molecular weight excluding hydrogens is 284 g/mol. The maximum Gasteiger partial charge on any atom is 0.0599 e. The number of likely N-dealkylation sites (tertiary alicyclic amines) is 1. The molecule has 21 heavy (non-hydrogen) atoms. The van der Waals surface area contributed by atoms with Crippen molar-refractivity contribution in [2.45, 2.75) is 44.8 Å². The highest BCUT2D eigenvalue weighted by Gasteiger charge is 2.33. The first-order valence-corrected chi connectivity index (χ1v) is 8.26. The van der Waals surface area contributed by atoms with Gasteiger partial charge in [-0.1, -0.05) is 23.7 Å². The molecule has 0 radical (unpaired) electrons. The standard InChI is InChI=1S/C17H27ClN2O/c1-3-21-16-8-10-20(11-9-16)17(2,13-19)12-14-4-6-15(18)7-5-14/h4-7,16H,3,8-13,19H2,1-2H3. The van der Waals surface area contributed by atoms with Crippen LogP contribution in [0, 0.1) is 0 Å². The van der Waals surface area contributed by atoms with Crippen molar-refractivity contribution in [1.29, 1.82) is 0 Å². The lowest BCUT2D eigenvalue weighted by Gasteiger charge is -2.44. The van der Waals surface area contributed by atoms with Crippen LogP contribution in [0.1, 0.15) is 32.3 Å². The van der Waals surface area contributed by atoms with Crippen molar-refractivity contribution in [2.75, 3.05) is 26.2 Å². The Morgan fingerprint density at radius 1 is 1.29 bits per heavy atom. The van der Waals surface area contributed by atoms with Gasteiger partial charge in [-0.05, 0) is 50.8 Å². The molecule has 2 rings (SSSR count). The van der Waals surface area contributed by atoms with E-state index in [1.807, 2.05) is 12.1 Å². The number of piperidine rings is 1. The first-order valence-electron chi connectivity index (χ1n) is 7.88. The zero-order chi connectivity index (χ0) is 15.3. The van der Waals surface area contributed by atoms with Gasteiger partial charge in [0.05, 0.1) is 6.10 Å². The minimum atomic E-state index is 0.00497. The molecule has 1 atom stereocenters. The molecule has 1 aliphatic heterocycles. The number of nitrogens with two attached hydrogens (primary N) is 1. The van der Waals surface area contributed by atoms with Crippen molar-refractivity contribution in [1.82, 2.24) is 4.90 Å². The maximum absolute atomic E-state index is 6.11. The minimum Gasteiger partial charge on any atom is -0.378 e. The number of rotatable bonds is 6. The molecule has 4 heteroatoms. The molecule has 1 unspecified atom stereocenters. The van der Waals surface area contributed by atoms with Crippen LogP contribution in [0.3, 0.4) is 0 Å². The van der Waals surface area contributed by atoms with Crippen LogP contribution < -0.4 is 5.73 Å². The molecule has 118 valence electrons. The minimum absolute atomic E-state index is 0.00497. The number of hydrogen-bond donors (Lipinski definition) is 1. The molecule has 3 nitrogen and oxygen atoms in total. The van der Waals surface area contributed by atoms with Crippen molar-refractivity contribution in [3.05, 3.63) is 34.9 Å². The predicted octanol–water partition coefficient (Wildman–Crippen LogP) is 3.10. The van der Waals surface area contributed by atoms with Crippen molar-refractivity contribution in [3.8, 4) is 0 Å². The predicted molar refractivity (Wildman–Crippen MR) is 88.8 cm³/mol. The summed E-state index contributed by atoms with van der Waals surface area (Å²) < 4.78 is 5.74. The van der Waals surface area contributed by atoms with E-state index in [9.17, 15) is 0 Å². The van der Waals surface area contributed by atoms with E-state index in [2.05, 4.69) is 30.9 Å². The van der Waals surface area contributed by atoms with Gasteiger partial charge in [0, 0.05) is 36.8 Å². The van der Waals surface area contributed by atoms with E-state index in [0.29, 0.717) is 12.6 Å². The van der Waals surface area contributed by atoms with Gasteiger partial charge in [-0.2, -0.15) is 0 Å². The SMILES string of the molecule is CCOC1CCN(C(C)(CN)Cc2ccc(Cl)cc2)CC1. The Morgan fingerprint density at radius 2 is 1.90 bits per heavy atom. The number of nitrogens with zero attached hydrogens (tertiary/aromatic N) is 1. The second-order valence-corrected chi connectivity index (χ2v) is 6.58. The smallest absolute Gasteiger partial charge is 0.0599 e. The van der Waals surface area contributed by atoms with E-state index in [1.54, 1.807) is 0 Å². The normalized spacial score (nSPS) is 20.4. The summed E-state index contributed by atoms with van der Waals surface area (Å²) in [5, 5.41) is 0.783. The molecule has 1 fully saturated rings. The van der Waals surface area contributed by atoms with Gasteiger partial charge < -0.3 is 10.5 Å². The second kappa shape index (κ2) is 7.59. The van der Waals surface area contributed by atoms with E-state index in [1.165, 1.54) is 5.56 Å². The van der Waals surface area contributed by atoms with E-state index in [-0.39, 0.29) is 5.54 Å². The molecule has 0 spiro atoms. The highest BCUT2D eigenvalue weighted by Crippen LogP contribution is 2.26. The molecule has 1 aliphatic rings. The summed E-state index contributed by atoms with van der Waals surface area (Å²) in [6.45, 7) is 7.93. The highest BCUT2D eigenvalue weighted by atomic mass is 35.5. The zero-order valence-electron chi connectivity index (χ0n) is 13.1. The van der Waals surface area contributed by atoms with Crippen LogP contribution in [-0.4, -0.2) is 42.8 Å². The van der Waals surface area contributed by atoms with Gasteiger partial charge in [-0.15, -0.1) is 0 Å². The van der Waals surface area contributed by atoms with Crippen LogP contribution in [0.5, 0.6) is 0 Å². The average molecular weight is 311 g/mol. The van der Waals surface area contributed by atoms with E-state index >= 15 is 0 Å². The van der Waals surface area contributed by atoms with Gasteiger partial charge in [0.2, 0.25) is 0 Å². The van der Waals surface area contributed by atoms with Crippen LogP contribution in [0.15, 0.2) is 24.3 Å². The summed E-state index contributed by atoms with van der Waals surface area (Å²) >= 11 is 5.96. The number of hydrogen-bond acceptors (Lipinski definition) is 3. The Labute approximate surface area is 133 Å². The lowest BCUT2D eigenvalue weighted by molar-refractivity contribution is -0.0138. The average Bonchev–Trinajstić information content (AvgIpc) is 2.50. The fourth-order valence-corrected chi connectivity index (χ4v) is 3.28. The van der Waals surface area contributed by atoms with Gasteiger partial charge in [-0.3, -0.25) is 4.90 Å².